The van der Waals surface area contributed by atoms with Crippen LogP contribution in [0.25, 0.3) is 11.1 Å². The molecule has 3 fully saturated rings. The number of nitrogens with one attached hydrogen (secondary N) is 2. The highest BCUT2D eigenvalue weighted by Crippen LogP contribution is 2.53. The fourth-order valence-corrected chi connectivity index (χ4v) is 7.24. The lowest BCUT2D eigenvalue weighted by Crippen LogP contribution is -2.56. The van der Waals surface area contributed by atoms with Crippen LogP contribution in [0.3, 0.4) is 0 Å². The standard InChI is InChI=1S/C30H30F2N4O4/c31-29(32)13-18-16-36(28(39)30(40)23-9-3-1-7-20(23)21-8-2-4-10-24(21)30)25(22(18)14-29)27(38)35-19(15-33)12-17-6-5-11-34-26(17)37/h1-4,7-10,17-19,22,25,40H,5-6,11-14,16H2,(H,34,37)(H,35,38)/t17-,18+,19+,22+,25+/m0/s1. The molecule has 1 saturated carbocycles. The molecule has 2 heterocycles. The third-order valence-corrected chi connectivity index (χ3v) is 9.03. The molecule has 8 nitrogen and oxygen atoms in total. The highest BCUT2D eigenvalue weighted by Gasteiger charge is 2.61. The molecule has 2 saturated heterocycles. The monoisotopic (exact) mass is 548 g/mol. The van der Waals surface area contributed by atoms with Gasteiger partial charge in [0.05, 0.1) is 6.07 Å². The van der Waals surface area contributed by atoms with E-state index in [2.05, 4.69) is 10.6 Å². The van der Waals surface area contributed by atoms with Crippen molar-refractivity contribution in [3.63, 3.8) is 0 Å². The Labute approximate surface area is 230 Å². The second kappa shape index (κ2) is 9.66. The maximum Gasteiger partial charge on any atom is 0.264 e. The van der Waals surface area contributed by atoms with E-state index in [1.807, 2.05) is 18.2 Å². The van der Waals surface area contributed by atoms with Gasteiger partial charge in [-0.2, -0.15) is 5.26 Å². The summed E-state index contributed by atoms with van der Waals surface area (Å²) in [6.45, 7) is 0.455. The van der Waals surface area contributed by atoms with Gasteiger partial charge in [0.1, 0.15) is 12.1 Å². The lowest BCUT2D eigenvalue weighted by molar-refractivity contribution is -0.153. The fraction of sp³-hybridized carbons (Fsp3) is 0.467. The van der Waals surface area contributed by atoms with Crippen LogP contribution in [-0.4, -0.2) is 58.8 Å². The van der Waals surface area contributed by atoms with E-state index >= 15 is 0 Å². The van der Waals surface area contributed by atoms with Crippen LogP contribution >= 0.6 is 0 Å². The van der Waals surface area contributed by atoms with Crippen LogP contribution in [0.15, 0.2) is 48.5 Å². The predicted molar refractivity (Wildman–Crippen MR) is 139 cm³/mol. The van der Waals surface area contributed by atoms with Gasteiger partial charge in [-0.1, -0.05) is 48.5 Å². The van der Waals surface area contributed by atoms with Gasteiger partial charge in [-0.15, -0.1) is 0 Å². The first-order valence-corrected chi connectivity index (χ1v) is 13.7. The first-order chi connectivity index (χ1) is 19.1. The molecule has 2 aromatic carbocycles. The molecule has 0 unspecified atom stereocenters. The zero-order valence-corrected chi connectivity index (χ0v) is 21.8. The maximum absolute atomic E-state index is 14.5. The van der Waals surface area contributed by atoms with Crippen molar-refractivity contribution < 1.29 is 28.3 Å². The number of alkyl halides is 2. The summed E-state index contributed by atoms with van der Waals surface area (Å²) in [4.78, 5) is 41.5. The van der Waals surface area contributed by atoms with Crippen LogP contribution in [0.4, 0.5) is 8.78 Å². The molecule has 0 spiro atoms. The summed E-state index contributed by atoms with van der Waals surface area (Å²) in [5.41, 5.74) is 0.0380. The number of rotatable bonds is 5. The summed E-state index contributed by atoms with van der Waals surface area (Å²) in [5, 5.41) is 27.3. The zero-order valence-electron chi connectivity index (χ0n) is 21.8. The van der Waals surface area contributed by atoms with E-state index in [4.69, 9.17) is 0 Å². The molecule has 40 heavy (non-hydrogen) atoms. The normalized spacial score (nSPS) is 28.1. The van der Waals surface area contributed by atoms with Crippen molar-refractivity contribution in [2.24, 2.45) is 17.8 Å². The molecule has 2 aliphatic heterocycles. The van der Waals surface area contributed by atoms with Crippen molar-refractivity contribution in [3.05, 3.63) is 59.7 Å². The molecule has 3 N–H and O–H groups in total. The summed E-state index contributed by atoms with van der Waals surface area (Å²) < 4.78 is 29.0. The summed E-state index contributed by atoms with van der Waals surface area (Å²) >= 11 is 0. The third kappa shape index (κ3) is 4.15. The van der Waals surface area contributed by atoms with E-state index < -0.39 is 66.0 Å². The van der Waals surface area contributed by atoms with Crippen LogP contribution in [0, 0.1) is 29.1 Å². The van der Waals surface area contributed by atoms with E-state index in [9.17, 15) is 33.5 Å². The zero-order chi connectivity index (χ0) is 28.2. The van der Waals surface area contributed by atoms with Gasteiger partial charge in [-0.3, -0.25) is 14.4 Å². The second-order valence-corrected chi connectivity index (χ2v) is 11.4. The Kier molecular flexibility index (Phi) is 6.37. The molecular formula is C30H30F2N4O4. The Morgan fingerprint density at radius 2 is 1.77 bits per heavy atom. The average molecular weight is 549 g/mol. The summed E-state index contributed by atoms with van der Waals surface area (Å²) in [5.74, 6) is -6.53. The Morgan fingerprint density at radius 1 is 1.12 bits per heavy atom. The number of hydrogen-bond donors (Lipinski definition) is 3. The first kappa shape index (κ1) is 26.4. The molecular weight excluding hydrogens is 518 g/mol. The maximum atomic E-state index is 14.5. The number of nitrogens with zero attached hydrogens (tertiary/aromatic N) is 2. The van der Waals surface area contributed by atoms with Gasteiger partial charge in [0, 0.05) is 43.0 Å². The van der Waals surface area contributed by atoms with Crippen molar-refractivity contribution in [2.45, 2.75) is 55.7 Å². The minimum absolute atomic E-state index is 0.0870. The first-order valence-electron chi connectivity index (χ1n) is 13.7. The van der Waals surface area contributed by atoms with Crippen molar-refractivity contribution in [1.29, 1.82) is 5.26 Å². The smallest absolute Gasteiger partial charge is 0.264 e. The molecule has 3 amide bonds. The second-order valence-electron chi connectivity index (χ2n) is 11.4. The number of likely N-dealkylation sites (tertiary alicyclic amines) is 1. The molecule has 2 aromatic rings. The van der Waals surface area contributed by atoms with Crippen LogP contribution in [0.5, 0.6) is 0 Å². The van der Waals surface area contributed by atoms with E-state index in [0.717, 1.165) is 6.42 Å². The van der Waals surface area contributed by atoms with Crippen LogP contribution in [-0.2, 0) is 20.0 Å². The highest BCUT2D eigenvalue weighted by molar-refractivity contribution is 6.01. The van der Waals surface area contributed by atoms with E-state index in [0.29, 0.717) is 35.2 Å². The fourth-order valence-electron chi connectivity index (χ4n) is 7.24. The lowest BCUT2D eigenvalue weighted by atomic mass is 9.88. The van der Waals surface area contributed by atoms with Crippen LogP contribution in [0.1, 0.15) is 43.2 Å². The number of piperidine rings is 1. The Morgan fingerprint density at radius 3 is 2.40 bits per heavy atom. The number of nitriles is 1. The number of amides is 3. The molecule has 4 aliphatic rings. The molecule has 2 aliphatic carbocycles. The van der Waals surface area contributed by atoms with Gasteiger partial charge in [-0.25, -0.2) is 8.78 Å². The van der Waals surface area contributed by atoms with Crippen LogP contribution in [0.2, 0.25) is 0 Å². The summed E-state index contributed by atoms with van der Waals surface area (Å²) in [6, 6.07) is 13.7. The van der Waals surface area contributed by atoms with Gasteiger partial charge in [0.15, 0.2) is 5.60 Å². The Bertz CT molecular complexity index is 1380. The summed E-state index contributed by atoms with van der Waals surface area (Å²) in [7, 11) is 0. The molecule has 208 valence electrons. The minimum atomic E-state index is -2.97. The minimum Gasteiger partial charge on any atom is -0.372 e. The highest BCUT2D eigenvalue weighted by atomic mass is 19.3. The molecule has 0 radical (unpaired) electrons. The van der Waals surface area contributed by atoms with Gasteiger partial charge < -0.3 is 20.6 Å². The van der Waals surface area contributed by atoms with Gasteiger partial charge in [0.25, 0.3) is 5.91 Å². The Balaban J connectivity index is 1.32. The Hall–Kier alpha value is -3.84. The molecule has 0 bridgehead atoms. The number of fused-ring (bicyclic) bond motifs is 4. The SMILES string of the molecule is N#C[C@@H](C[C@@H]1CCCNC1=O)NC(=O)[C@H]1[C@@H]2CC(F)(F)C[C@@H]2CN1C(=O)C1(O)c2ccccc2-c2ccccc21. The third-order valence-electron chi connectivity index (χ3n) is 9.03. The largest absolute Gasteiger partial charge is 0.372 e. The molecule has 5 atom stereocenters. The molecule has 0 aromatic heterocycles. The van der Waals surface area contributed by atoms with E-state index in [1.165, 1.54) is 4.90 Å². The number of carbonyl (C=O) groups is 3. The number of carbonyl (C=O) groups excluding carboxylic acids is 3. The summed E-state index contributed by atoms with van der Waals surface area (Å²) in [6.07, 6.45) is 0.405. The quantitative estimate of drug-likeness (QED) is 0.531. The van der Waals surface area contributed by atoms with E-state index in [-0.39, 0.29) is 18.9 Å². The topological polar surface area (TPSA) is 123 Å². The molecule has 6 rings (SSSR count). The van der Waals surface area contributed by atoms with Crippen molar-refractivity contribution in [2.75, 3.05) is 13.1 Å². The van der Waals surface area contributed by atoms with Crippen molar-refractivity contribution >= 4 is 17.7 Å². The van der Waals surface area contributed by atoms with Crippen LogP contribution < -0.4 is 10.6 Å². The van der Waals surface area contributed by atoms with Crippen molar-refractivity contribution in [1.82, 2.24) is 15.5 Å². The predicted octanol–water partition coefficient (Wildman–Crippen LogP) is 2.70. The van der Waals surface area contributed by atoms with Gasteiger partial charge in [0.2, 0.25) is 17.7 Å². The molecule has 10 heteroatoms. The lowest BCUT2D eigenvalue weighted by Gasteiger charge is -2.35. The number of aliphatic hydroxyl groups is 1. The number of halogens is 2. The van der Waals surface area contributed by atoms with Gasteiger partial charge >= 0.3 is 0 Å². The van der Waals surface area contributed by atoms with Gasteiger partial charge in [-0.05, 0) is 42.2 Å². The number of benzene rings is 2. The number of hydrogen-bond acceptors (Lipinski definition) is 5. The van der Waals surface area contributed by atoms with E-state index in [1.54, 1.807) is 36.4 Å². The van der Waals surface area contributed by atoms with Crippen molar-refractivity contribution in [3.8, 4) is 17.2 Å². The average Bonchev–Trinajstić information content (AvgIpc) is 3.53.